The summed E-state index contributed by atoms with van der Waals surface area (Å²) >= 11 is 0. The Morgan fingerprint density at radius 1 is 0.308 bits per heavy atom. The monoisotopic (exact) mass is 662 g/mol. The molecule has 10 aromatic rings. The van der Waals surface area contributed by atoms with Crippen molar-refractivity contribution in [3.05, 3.63) is 206 Å². The molecule has 0 aliphatic heterocycles. The highest BCUT2D eigenvalue weighted by Gasteiger charge is 2.19. The molecule has 244 valence electrons. The van der Waals surface area contributed by atoms with Crippen LogP contribution in [0.3, 0.4) is 0 Å². The van der Waals surface area contributed by atoms with Crippen molar-refractivity contribution >= 4 is 60.4 Å². The maximum absolute atomic E-state index is 2.40. The summed E-state index contributed by atoms with van der Waals surface area (Å²) in [6.07, 6.45) is 0. The molecular formula is C50H34N2. The predicted molar refractivity (Wildman–Crippen MR) is 221 cm³/mol. The first-order chi connectivity index (χ1) is 25.8. The number of hydrogen-bond acceptors (Lipinski definition) is 1. The van der Waals surface area contributed by atoms with Crippen LogP contribution in [0, 0.1) is 0 Å². The number of hydrogen-bond donors (Lipinski definition) is 0. The number of benzene rings is 9. The molecule has 0 atom stereocenters. The Labute approximate surface area is 303 Å². The van der Waals surface area contributed by atoms with E-state index >= 15 is 0 Å². The summed E-state index contributed by atoms with van der Waals surface area (Å²) in [5.74, 6) is 0. The normalized spacial score (nSPS) is 11.5. The SMILES string of the molecule is c1ccc(-c2ccc(N(c3ccc(-n4c5ccccc5c5ccccc54)cc3)c3ccc(-c4cccc5ccccc45)c4ccccc34)cc2)cc1. The highest BCUT2D eigenvalue weighted by molar-refractivity contribution is 6.11. The predicted octanol–water partition coefficient (Wildman–Crippen LogP) is 13.9. The first-order valence-electron chi connectivity index (χ1n) is 17.9. The summed E-state index contributed by atoms with van der Waals surface area (Å²) in [6, 6.07) is 74.7. The van der Waals surface area contributed by atoms with E-state index in [9.17, 15) is 0 Å². The first-order valence-corrected chi connectivity index (χ1v) is 17.9. The van der Waals surface area contributed by atoms with Gasteiger partial charge in [0.15, 0.2) is 0 Å². The van der Waals surface area contributed by atoms with Gasteiger partial charge in [0.2, 0.25) is 0 Å². The van der Waals surface area contributed by atoms with Gasteiger partial charge in [-0.1, -0.05) is 152 Å². The number of fused-ring (bicyclic) bond motifs is 5. The van der Waals surface area contributed by atoms with E-state index in [4.69, 9.17) is 0 Å². The van der Waals surface area contributed by atoms with Crippen LogP contribution in [-0.2, 0) is 0 Å². The second-order valence-corrected chi connectivity index (χ2v) is 13.3. The number of rotatable bonds is 6. The Bertz CT molecular complexity index is 2820. The molecule has 1 aromatic heterocycles. The van der Waals surface area contributed by atoms with E-state index in [0.29, 0.717) is 0 Å². The molecule has 52 heavy (non-hydrogen) atoms. The summed E-state index contributed by atoms with van der Waals surface area (Å²) in [5, 5.41) is 7.46. The van der Waals surface area contributed by atoms with E-state index in [0.717, 1.165) is 22.7 Å². The highest BCUT2D eigenvalue weighted by Crippen LogP contribution is 2.44. The second-order valence-electron chi connectivity index (χ2n) is 13.3. The third-order valence-corrected chi connectivity index (χ3v) is 10.4. The van der Waals surface area contributed by atoms with E-state index in [1.54, 1.807) is 0 Å². The number of aromatic nitrogens is 1. The zero-order valence-electron chi connectivity index (χ0n) is 28.5. The van der Waals surface area contributed by atoms with Gasteiger partial charge in [-0.3, -0.25) is 0 Å². The molecule has 0 aliphatic carbocycles. The van der Waals surface area contributed by atoms with Gasteiger partial charge >= 0.3 is 0 Å². The van der Waals surface area contributed by atoms with Gasteiger partial charge in [-0.05, 0) is 93.0 Å². The number of anilines is 3. The molecule has 0 unspecified atom stereocenters. The summed E-state index contributed by atoms with van der Waals surface area (Å²) in [7, 11) is 0. The Kier molecular flexibility index (Phi) is 7.18. The van der Waals surface area contributed by atoms with Crippen LogP contribution in [0.4, 0.5) is 17.1 Å². The standard InChI is InChI=1S/C50H34N2/c1-2-13-35(14-3-1)36-25-27-38(28-26-36)51(39-29-31-40(32-30-39)52-48-23-10-8-20-46(48)47-21-9-11-24-49(47)52)50-34-33-44(43-18-6-7-19-45(43)50)42-22-12-16-37-15-4-5-17-41(37)42/h1-34H. The number of nitrogens with zero attached hydrogens (tertiary/aromatic N) is 2. The van der Waals surface area contributed by atoms with E-state index in [1.807, 2.05) is 0 Å². The molecular weight excluding hydrogens is 629 g/mol. The molecule has 0 saturated heterocycles. The quantitative estimate of drug-likeness (QED) is 0.172. The summed E-state index contributed by atoms with van der Waals surface area (Å²) in [4.78, 5) is 2.40. The Hall–Kier alpha value is -6.90. The van der Waals surface area contributed by atoms with Gasteiger partial charge in [-0.25, -0.2) is 0 Å². The molecule has 1 heterocycles. The topological polar surface area (TPSA) is 8.17 Å². The summed E-state index contributed by atoms with van der Waals surface area (Å²) in [6.45, 7) is 0. The Morgan fingerprint density at radius 2 is 0.808 bits per heavy atom. The molecule has 2 nitrogen and oxygen atoms in total. The molecule has 9 aromatic carbocycles. The van der Waals surface area contributed by atoms with Crippen LogP contribution < -0.4 is 4.90 Å². The van der Waals surface area contributed by atoms with E-state index < -0.39 is 0 Å². The van der Waals surface area contributed by atoms with Gasteiger partial charge in [0.25, 0.3) is 0 Å². The Balaban J connectivity index is 1.15. The molecule has 0 spiro atoms. The minimum absolute atomic E-state index is 1.10. The minimum Gasteiger partial charge on any atom is -0.310 e. The van der Waals surface area contributed by atoms with Crippen LogP contribution in [-0.4, -0.2) is 4.57 Å². The van der Waals surface area contributed by atoms with Gasteiger partial charge in [-0.2, -0.15) is 0 Å². The second kappa shape index (κ2) is 12.5. The first kappa shape index (κ1) is 30.0. The lowest BCUT2D eigenvalue weighted by molar-refractivity contribution is 1.17. The molecule has 0 radical (unpaired) electrons. The average Bonchev–Trinajstić information content (AvgIpc) is 3.56. The van der Waals surface area contributed by atoms with Crippen LogP contribution in [0.25, 0.3) is 71.3 Å². The van der Waals surface area contributed by atoms with Gasteiger partial charge in [-0.15, -0.1) is 0 Å². The van der Waals surface area contributed by atoms with Crippen LogP contribution >= 0.6 is 0 Å². The third-order valence-electron chi connectivity index (χ3n) is 10.4. The fourth-order valence-electron chi connectivity index (χ4n) is 7.99. The fraction of sp³-hybridized carbons (Fsp3) is 0. The highest BCUT2D eigenvalue weighted by atomic mass is 15.1. The van der Waals surface area contributed by atoms with Crippen molar-refractivity contribution in [3.8, 4) is 27.9 Å². The van der Waals surface area contributed by atoms with Crippen molar-refractivity contribution in [1.29, 1.82) is 0 Å². The van der Waals surface area contributed by atoms with Crippen molar-refractivity contribution in [3.63, 3.8) is 0 Å². The molecule has 2 heteroatoms. The van der Waals surface area contributed by atoms with Crippen molar-refractivity contribution < 1.29 is 0 Å². The van der Waals surface area contributed by atoms with Gasteiger partial charge in [0.05, 0.1) is 16.7 Å². The molecule has 10 rings (SSSR count). The maximum Gasteiger partial charge on any atom is 0.0541 e. The molecule has 0 N–H and O–H groups in total. The van der Waals surface area contributed by atoms with Crippen molar-refractivity contribution in [2.75, 3.05) is 4.90 Å². The smallest absolute Gasteiger partial charge is 0.0541 e. The van der Waals surface area contributed by atoms with E-state index in [-0.39, 0.29) is 0 Å². The third kappa shape index (κ3) is 4.96. The fourth-order valence-corrected chi connectivity index (χ4v) is 7.99. The summed E-state index contributed by atoms with van der Waals surface area (Å²) in [5.41, 5.74) is 11.8. The minimum atomic E-state index is 1.10. The molecule has 0 fully saturated rings. The maximum atomic E-state index is 2.40. The zero-order valence-corrected chi connectivity index (χ0v) is 28.5. The van der Waals surface area contributed by atoms with Gasteiger partial charge < -0.3 is 9.47 Å². The lowest BCUT2D eigenvalue weighted by Crippen LogP contribution is -2.11. The molecule has 0 bridgehead atoms. The largest absolute Gasteiger partial charge is 0.310 e. The van der Waals surface area contributed by atoms with E-state index in [1.165, 1.54) is 65.6 Å². The Morgan fingerprint density at radius 3 is 1.50 bits per heavy atom. The van der Waals surface area contributed by atoms with Crippen LogP contribution in [0.15, 0.2) is 206 Å². The van der Waals surface area contributed by atoms with Gasteiger partial charge in [0.1, 0.15) is 0 Å². The lowest BCUT2D eigenvalue weighted by atomic mass is 9.93. The molecule has 0 aliphatic rings. The zero-order chi connectivity index (χ0) is 34.4. The van der Waals surface area contributed by atoms with Gasteiger partial charge in [0, 0.05) is 33.2 Å². The average molecular weight is 663 g/mol. The van der Waals surface area contributed by atoms with Crippen molar-refractivity contribution in [2.24, 2.45) is 0 Å². The molecule has 0 amide bonds. The summed E-state index contributed by atoms with van der Waals surface area (Å²) < 4.78 is 2.38. The number of para-hydroxylation sites is 2. The van der Waals surface area contributed by atoms with Crippen molar-refractivity contribution in [1.82, 2.24) is 4.57 Å². The van der Waals surface area contributed by atoms with Crippen LogP contribution in [0.5, 0.6) is 0 Å². The van der Waals surface area contributed by atoms with E-state index in [2.05, 4.69) is 216 Å². The molecule has 0 saturated carbocycles. The lowest BCUT2D eigenvalue weighted by Gasteiger charge is -2.28. The van der Waals surface area contributed by atoms with Crippen LogP contribution in [0.2, 0.25) is 0 Å². The van der Waals surface area contributed by atoms with Crippen LogP contribution in [0.1, 0.15) is 0 Å². The van der Waals surface area contributed by atoms with Crippen molar-refractivity contribution in [2.45, 2.75) is 0 Å².